The van der Waals surface area contributed by atoms with Crippen molar-refractivity contribution >= 4 is 44.0 Å². The number of halogens is 3. The number of nitrogen functional groups attached to an aromatic ring is 1. The largest absolute Gasteiger partial charge is 0.497 e. The van der Waals surface area contributed by atoms with Gasteiger partial charge in [0.25, 0.3) is 0 Å². The lowest BCUT2D eigenvalue weighted by molar-refractivity contribution is -0.192. The van der Waals surface area contributed by atoms with Gasteiger partial charge in [0.2, 0.25) is 5.91 Å². The Kier molecular flexibility index (Phi) is 9.62. The number of nitrogens with two attached hydrogens (primary N) is 1. The van der Waals surface area contributed by atoms with Gasteiger partial charge < -0.3 is 26.2 Å². The first kappa shape index (κ1) is 32.1. The van der Waals surface area contributed by atoms with Gasteiger partial charge in [0, 0.05) is 23.8 Å². The number of carboxylic acid groups (broad SMARTS) is 1. The molecule has 0 bridgehead atoms. The molecular weight excluding hydrogens is 601 g/mol. The Morgan fingerprint density at radius 3 is 2.43 bits per heavy atom. The number of hydrogen-bond acceptors (Lipinski definition) is 8. The van der Waals surface area contributed by atoms with Gasteiger partial charge in [-0.3, -0.25) is 4.79 Å². The van der Waals surface area contributed by atoms with Crippen LogP contribution in [0.15, 0.2) is 83.9 Å². The van der Waals surface area contributed by atoms with Crippen LogP contribution in [0.4, 0.5) is 24.7 Å². The van der Waals surface area contributed by atoms with E-state index in [1.165, 1.54) is 0 Å². The summed E-state index contributed by atoms with van der Waals surface area (Å²) in [6, 6.07) is 20.8. The highest BCUT2D eigenvalue weighted by molar-refractivity contribution is 7.92. The predicted octanol–water partition coefficient (Wildman–Crippen LogP) is 4.86. The number of anilines is 2. The number of rotatable bonds is 9. The zero-order chi connectivity index (χ0) is 32.1. The molecule has 44 heavy (non-hydrogen) atoms. The van der Waals surface area contributed by atoms with Crippen LogP contribution in [-0.4, -0.2) is 48.9 Å². The molecule has 14 heteroatoms. The molecule has 1 aliphatic rings. The van der Waals surface area contributed by atoms with Gasteiger partial charge in [-0.1, -0.05) is 30.3 Å². The second-order valence-corrected chi connectivity index (χ2v) is 12.1. The molecule has 1 amide bonds. The zero-order valence-electron chi connectivity index (χ0n) is 23.3. The minimum Gasteiger partial charge on any atom is -0.497 e. The lowest BCUT2D eigenvalue weighted by Crippen LogP contribution is -2.33. The lowest BCUT2D eigenvalue weighted by Gasteiger charge is -2.21. The Morgan fingerprint density at radius 1 is 1.07 bits per heavy atom. The van der Waals surface area contributed by atoms with Crippen LogP contribution in [-0.2, 0) is 26.0 Å². The van der Waals surface area contributed by atoms with Crippen LogP contribution in [0.25, 0.3) is 10.8 Å². The van der Waals surface area contributed by atoms with Crippen molar-refractivity contribution in [2.45, 2.75) is 41.7 Å². The monoisotopic (exact) mass is 630 g/mol. The summed E-state index contributed by atoms with van der Waals surface area (Å²) in [5, 5.41) is 14.8. The van der Waals surface area contributed by atoms with E-state index in [0.717, 1.165) is 16.5 Å². The third-order valence-corrected chi connectivity index (χ3v) is 9.09. The van der Waals surface area contributed by atoms with E-state index in [1.54, 1.807) is 43.6 Å². The van der Waals surface area contributed by atoms with Crippen LogP contribution in [0.2, 0.25) is 0 Å². The molecule has 5 rings (SSSR count). The number of sulfone groups is 1. The normalized spacial score (nSPS) is 13.7. The molecule has 1 saturated carbocycles. The number of nitrogens with one attached hydrogen (secondary N) is 2. The number of carbonyl (C=O) groups is 2. The molecule has 4 aromatic rings. The SMILES string of the molecule is COc1cccc(C(Nc2ccc3c(N)nccc3c2)C(=O)NCc2ccccc2S(=O)(=O)C2CC2)c1.O=C(O)C(F)(F)F. The Balaban J connectivity index is 0.000000566. The molecule has 10 nitrogen and oxygen atoms in total. The highest BCUT2D eigenvalue weighted by Crippen LogP contribution is 2.35. The van der Waals surface area contributed by atoms with Crippen LogP contribution >= 0.6 is 0 Å². The smallest absolute Gasteiger partial charge is 0.490 e. The quantitative estimate of drug-likeness (QED) is 0.202. The fraction of sp³-hybridized carbons (Fsp3) is 0.233. The van der Waals surface area contributed by atoms with Gasteiger partial charge >= 0.3 is 12.1 Å². The first-order chi connectivity index (χ1) is 20.8. The maximum absolute atomic E-state index is 13.6. The van der Waals surface area contributed by atoms with Crippen molar-refractivity contribution in [3.63, 3.8) is 0 Å². The number of aromatic nitrogens is 1. The van der Waals surface area contributed by atoms with Crippen molar-refractivity contribution in [2.75, 3.05) is 18.2 Å². The average molecular weight is 631 g/mol. The van der Waals surface area contributed by atoms with E-state index in [9.17, 15) is 26.4 Å². The number of carbonyl (C=O) groups excluding carboxylic acids is 1. The Hall–Kier alpha value is -4.85. The number of amides is 1. The molecule has 3 aromatic carbocycles. The molecule has 1 aliphatic carbocycles. The van der Waals surface area contributed by atoms with E-state index in [1.807, 2.05) is 42.5 Å². The maximum atomic E-state index is 13.6. The van der Waals surface area contributed by atoms with Crippen LogP contribution in [0.3, 0.4) is 0 Å². The standard InChI is InChI=1S/C28H28N4O4S.C2HF3O2/c1-36-22-7-4-6-19(16-22)26(32-21-9-12-24-18(15-21)13-14-30-27(24)29)28(33)31-17-20-5-2-3-8-25(20)37(34,35)23-10-11-23;3-2(4,5)1(6)7/h2-9,12-16,23,26,32H,10-11,17H2,1H3,(H2,29,30)(H,31,33);(H,6,7). The molecule has 0 spiro atoms. The van der Waals surface area contributed by atoms with Crippen molar-refractivity contribution in [3.8, 4) is 5.75 Å². The summed E-state index contributed by atoms with van der Waals surface area (Å²) in [5.41, 5.74) is 7.98. The predicted molar refractivity (Wildman–Crippen MR) is 158 cm³/mol. The Bertz CT molecular complexity index is 1780. The Labute approximate surface area is 251 Å². The molecule has 0 radical (unpaired) electrons. The minimum atomic E-state index is -5.08. The van der Waals surface area contributed by atoms with Crippen molar-refractivity contribution in [1.82, 2.24) is 10.3 Å². The number of carboxylic acids is 1. The van der Waals surface area contributed by atoms with Gasteiger partial charge in [-0.2, -0.15) is 13.2 Å². The highest BCUT2D eigenvalue weighted by Gasteiger charge is 2.39. The average Bonchev–Trinajstić information content (AvgIpc) is 3.85. The van der Waals surface area contributed by atoms with E-state index in [2.05, 4.69) is 15.6 Å². The number of aliphatic carboxylic acids is 1. The maximum Gasteiger partial charge on any atom is 0.490 e. The Morgan fingerprint density at radius 2 is 1.77 bits per heavy atom. The fourth-order valence-corrected chi connectivity index (χ4v) is 6.24. The fourth-order valence-electron chi connectivity index (χ4n) is 4.35. The van der Waals surface area contributed by atoms with Gasteiger partial charge in [0.05, 0.1) is 17.3 Å². The summed E-state index contributed by atoms with van der Waals surface area (Å²) >= 11 is 0. The number of fused-ring (bicyclic) bond motifs is 1. The third-order valence-electron chi connectivity index (χ3n) is 6.73. The van der Waals surface area contributed by atoms with Crippen LogP contribution < -0.4 is 21.1 Å². The van der Waals surface area contributed by atoms with Crippen LogP contribution in [0.1, 0.15) is 30.0 Å². The van der Waals surface area contributed by atoms with Gasteiger partial charge in [0.15, 0.2) is 9.84 Å². The lowest BCUT2D eigenvalue weighted by atomic mass is 10.0. The minimum absolute atomic E-state index is 0.0863. The van der Waals surface area contributed by atoms with E-state index in [4.69, 9.17) is 20.4 Å². The molecule has 0 saturated heterocycles. The number of pyridine rings is 1. The van der Waals surface area contributed by atoms with E-state index >= 15 is 0 Å². The number of alkyl halides is 3. The first-order valence-corrected chi connectivity index (χ1v) is 14.8. The van der Waals surface area contributed by atoms with Gasteiger partial charge in [-0.15, -0.1) is 0 Å². The molecule has 5 N–H and O–H groups in total. The number of ether oxygens (including phenoxy) is 1. The molecule has 1 fully saturated rings. The van der Waals surface area contributed by atoms with E-state index < -0.39 is 28.0 Å². The van der Waals surface area contributed by atoms with Crippen LogP contribution in [0.5, 0.6) is 5.75 Å². The molecule has 232 valence electrons. The number of hydrogen-bond donors (Lipinski definition) is 4. The van der Waals surface area contributed by atoms with Crippen molar-refractivity contribution < 1.29 is 41.0 Å². The molecule has 1 heterocycles. The molecule has 1 atom stereocenters. The molecule has 1 aromatic heterocycles. The van der Waals surface area contributed by atoms with E-state index in [0.29, 0.717) is 35.5 Å². The topological polar surface area (TPSA) is 161 Å². The number of nitrogens with zero attached hydrogens (tertiary/aromatic N) is 1. The van der Waals surface area contributed by atoms with Crippen molar-refractivity contribution in [1.29, 1.82) is 0 Å². The van der Waals surface area contributed by atoms with Crippen LogP contribution in [0, 0.1) is 0 Å². The molecule has 0 aliphatic heterocycles. The summed E-state index contributed by atoms with van der Waals surface area (Å²) in [6.07, 6.45) is -2.09. The summed E-state index contributed by atoms with van der Waals surface area (Å²) in [5.74, 6) is -2.00. The van der Waals surface area contributed by atoms with Crippen molar-refractivity contribution in [3.05, 3.63) is 90.1 Å². The second-order valence-electron chi connectivity index (χ2n) is 9.86. The highest BCUT2D eigenvalue weighted by atomic mass is 32.2. The summed E-state index contributed by atoms with van der Waals surface area (Å²) in [4.78, 5) is 26.9. The van der Waals surface area contributed by atoms with Gasteiger partial charge in [-0.05, 0) is 71.8 Å². The molecule has 1 unspecified atom stereocenters. The number of benzene rings is 3. The van der Waals surface area contributed by atoms with Crippen molar-refractivity contribution in [2.24, 2.45) is 0 Å². The summed E-state index contributed by atoms with van der Waals surface area (Å²) in [7, 11) is -1.83. The first-order valence-electron chi connectivity index (χ1n) is 13.3. The van der Waals surface area contributed by atoms with Gasteiger partial charge in [-0.25, -0.2) is 18.2 Å². The summed E-state index contributed by atoms with van der Waals surface area (Å²) < 4.78 is 62.9. The summed E-state index contributed by atoms with van der Waals surface area (Å²) in [6.45, 7) is 0.0863. The zero-order valence-corrected chi connectivity index (χ0v) is 24.2. The number of methoxy groups -OCH3 is 1. The second kappa shape index (κ2) is 13.2. The van der Waals surface area contributed by atoms with Gasteiger partial charge in [0.1, 0.15) is 17.6 Å². The molecular formula is C30H29F3N4O6S. The van der Waals surface area contributed by atoms with E-state index in [-0.39, 0.29) is 22.6 Å². The third kappa shape index (κ3) is 7.75.